The highest BCUT2D eigenvalue weighted by atomic mass is 16.5. The Kier molecular flexibility index (Phi) is 4.65. The van der Waals surface area contributed by atoms with Crippen LogP contribution in [0.15, 0.2) is 34.9 Å². The highest BCUT2D eigenvalue weighted by Crippen LogP contribution is 2.30. The number of hydrogen-bond donors (Lipinski definition) is 1. The molecule has 1 N–H and O–H groups in total. The van der Waals surface area contributed by atoms with Crippen molar-refractivity contribution in [2.45, 2.75) is 26.0 Å². The monoisotopic (exact) mass is 356 g/mol. The molecule has 1 aromatic carbocycles. The van der Waals surface area contributed by atoms with Gasteiger partial charge in [0.1, 0.15) is 5.76 Å². The highest BCUT2D eigenvalue weighted by Gasteiger charge is 2.36. The van der Waals surface area contributed by atoms with Crippen LogP contribution < -0.4 is 4.90 Å². The van der Waals surface area contributed by atoms with Gasteiger partial charge in [0, 0.05) is 45.1 Å². The van der Waals surface area contributed by atoms with E-state index in [2.05, 4.69) is 14.6 Å². The lowest BCUT2D eigenvalue weighted by Crippen LogP contribution is -2.25. The smallest absolute Gasteiger partial charge is 0.206 e. The molecule has 3 aromatic rings. The quantitative estimate of drug-likeness (QED) is 0.728. The van der Waals surface area contributed by atoms with Gasteiger partial charge in [-0.15, -0.1) is 0 Å². The number of benzene rings is 1. The molecule has 26 heavy (non-hydrogen) atoms. The van der Waals surface area contributed by atoms with Crippen molar-refractivity contribution in [3.8, 4) is 0 Å². The lowest BCUT2D eigenvalue weighted by atomic mass is 10.0. The van der Waals surface area contributed by atoms with Gasteiger partial charge in [-0.1, -0.05) is 17.3 Å². The Bertz CT molecular complexity index is 888. The van der Waals surface area contributed by atoms with E-state index in [1.165, 1.54) is 0 Å². The Balaban J connectivity index is 1.62. The molecule has 0 radical (unpaired) electrons. The molecule has 3 heterocycles. The van der Waals surface area contributed by atoms with Gasteiger partial charge in [0.05, 0.1) is 29.4 Å². The van der Waals surface area contributed by atoms with Crippen molar-refractivity contribution in [2.75, 3.05) is 31.7 Å². The van der Waals surface area contributed by atoms with Crippen LogP contribution in [-0.2, 0) is 17.7 Å². The maximum atomic E-state index is 9.50. The molecular weight excluding hydrogens is 332 g/mol. The van der Waals surface area contributed by atoms with Crippen molar-refractivity contribution >= 4 is 17.0 Å². The molecule has 0 amide bonds. The fourth-order valence-corrected chi connectivity index (χ4v) is 3.86. The Hall–Kier alpha value is -2.38. The van der Waals surface area contributed by atoms with Gasteiger partial charge in [0.15, 0.2) is 0 Å². The predicted octanol–water partition coefficient (Wildman–Crippen LogP) is 2.02. The normalized spacial score (nSPS) is 20.3. The van der Waals surface area contributed by atoms with E-state index in [1.807, 2.05) is 37.3 Å². The molecule has 1 aliphatic heterocycles. The molecule has 0 saturated carbocycles. The molecular formula is C19H24N4O3. The fraction of sp³-hybridized carbons (Fsp3) is 0.474. The number of para-hydroxylation sites is 2. The third-order valence-electron chi connectivity index (χ3n) is 5.06. The summed E-state index contributed by atoms with van der Waals surface area (Å²) < 4.78 is 13.2. The largest absolute Gasteiger partial charge is 0.395 e. The Labute approximate surface area is 152 Å². The van der Waals surface area contributed by atoms with Gasteiger partial charge in [0.2, 0.25) is 5.95 Å². The number of rotatable bonds is 6. The second-order valence-electron chi connectivity index (χ2n) is 6.85. The Morgan fingerprint density at radius 1 is 1.31 bits per heavy atom. The number of imidazole rings is 1. The molecule has 0 unspecified atom stereocenters. The van der Waals surface area contributed by atoms with Crippen molar-refractivity contribution in [3.63, 3.8) is 0 Å². The van der Waals surface area contributed by atoms with E-state index in [4.69, 9.17) is 14.2 Å². The van der Waals surface area contributed by atoms with Crippen LogP contribution in [0.25, 0.3) is 11.0 Å². The van der Waals surface area contributed by atoms with Gasteiger partial charge in [-0.2, -0.15) is 0 Å². The molecule has 0 aliphatic carbocycles. The molecule has 1 saturated heterocycles. The summed E-state index contributed by atoms with van der Waals surface area (Å²) in [5.41, 5.74) is 2.88. The third-order valence-corrected chi connectivity index (χ3v) is 5.06. The summed E-state index contributed by atoms with van der Waals surface area (Å²) in [6, 6.07) is 10.0. The van der Waals surface area contributed by atoms with Crippen molar-refractivity contribution in [1.29, 1.82) is 0 Å². The molecule has 7 nitrogen and oxygen atoms in total. The topological polar surface area (TPSA) is 76.5 Å². The van der Waals surface area contributed by atoms with Gasteiger partial charge < -0.3 is 23.8 Å². The maximum Gasteiger partial charge on any atom is 0.206 e. The number of anilines is 1. The van der Waals surface area contributed by atoms with Gasteiger partial charge in [-0.3, -0.25) is 0 Å². The number of ether oxygens (including phenoxy) is 1. The van der Waals surface area contributed by atoms with E-state index in [0.29, 0.717) is 12.5 Å². The summed E-state index contributed by atoms with van der Waals surface area (Å²) in [7, 11) is 1.75. The minimum atomic E-state index is 0.0790. The molecule has 2 aromatic heterocycles. The molecule has 0 bridgehead atoms. The number of hydrogen-bond acceptors (Lipinski definition) is 6. The summed E-state index contributed by atoms with van der Waals surface area (Å²) >= 11 is 0. The van der Waals surface area contributed by atoms with Crippen LogP contribution in [0.3, 0.4) is 0 Å². The van der Waals surface area contributed by atoms with Crippen LogP contribution in [0.2, 0.25) is 0 Å². The average Bonchev–Trinajstić information content (AvgIpc) is 3.33. The van der Waals surface area contributed by atoms with Crippen LogP contribution in [0.1, 0.15) is 11.5 Å². The standard InChI is InChI=1S/C19H24N4O3/c1-13-9-15(26-21-13)10-14-11-22(12-18(14)25-2)19-20-16-5-3-4-6-17(16)23(19)7-8-24/h3-6,9,14,18,24H,7-8,10-12H2,1-2H3/t14-,18+/m1/s1. The fourth-order valence-electron chi connectivity index (χ4n) is 3.86. The SMILES string of the molecule is CO[C@H]1CN(c2nc3ccccc3n2CCO)C[C@H]1Cc1cc(C)no1. The zero-order valence-electron chi connectivity index (χ0n) is 15.1. The van der Waals surface area contributed by atoms with Crippen molar-refractivity contribution in [3.05, 3.63) is 41.8 Å². The summed E-state index contributed by atoms with van der Waals surface area (Å²) in [5, 5.41) is 13.5. The van der Waals surface area contributed by atoms with E-state index in [9.17, 15) is 5.11 Å². The average molecular weight is 356 g/mol. The Morgan fingerprint density at radius 2 is 2.15 bits per heavy atom. The molecule has 4 rings (SSSR count). The van der Waals surface area contributed by atoms with Crippen molar-refractivity contribution in [2.24, 2.45) is 5.92 Å². The van der Waals surface area contributed by atoms with E-state index >= 15 is 0 Å². The first-order valence-corrected chi connectivity index (χ1v) is 8.95. The second kappa shape index (κ2) is 7.09. The first kappa shape index (κ1) is 17.1. The molecule has 7 heteroatoms. The number of nitrogens with zero attached hydrogens (tertiary/aromatic N) is 4. The summed E-state index contributed by atoms with van der Waals surface area (Å²) in [5.74, 6) is 2.08. The first-order valence-electron chi connectivity index (χ1n) is 8.95. The molecule has 2 atom stereocenters. The van der Waals surface area contributed by atoms with Crippen LogP contribution in [0, 0.1) is 12.8 Å². The lowest BCUT2D eigenvalue weighted by Gasteiger charge is -2.19. The summed E-state index contributed by atoms with van der Waals surface area (Å²) in [4.78, 5) is 7.06. The zero-order valence-corrected chi connectivity index (χ0v) is 15.1. The lowest BCUT2D eigenvalue weighted by molar-refractivity contribution is 0.0812. The highest BCUT2D eigenvalue weighted by molar-refractivity contribution is 5.78. The molecule has 1 aliphatic rings. The zero-order chi connectivity index (χ0) is 18.1. The minimum Gasteiger partial charge on any atom is -0.395 e. The number of methoxy groups -OCH3 is 1. The minimum absolute atomic E-state index is 0.0790. The van der Waals surface area contributed by atoms with Crippen LogP contribution in [-0.4, -0.2) is 52.7 Å². The third kappa shape index (κ3) is 3.08. The number of fused-ring (bicyclic) bond motifs is 1. The molecule has 138 valence electrons. The van der Waals surface area contributed by atoms with Crippen LogP contribution >= 0.6 is 0 Å². The van der Waals surface area contributed by atoms with Crippen LogP contribution in [0.5, 0.6) is 0 Å². The summed E-state index contributed by atoms with van der Waals surface area (Å²) in [6.07, 6.45) is 0.888. The second-order valence-corrected chi connectivity index (χ2v) is 6.85. The van der Waals surface area contributed by atoms with E-state index < -0.39 is 0 Å². The first-order chi connectivity index (χ1) is 12.7. The maximum absolute atomic E-state index is 9.50. The van der Waals surface area contributed by atoms with Gasteiger partial charge in [-0.25, -0.2) is 4.98 Å². The molecule has 1 fully saturated rings. The van der Waals surface area contributed by atoms with Gasteiger partial charge >= 0.3 is 0 Å². The number of aryl methyl sites for hydroxylation is 1. The number of aromatic nitrogens is 3. The summed E-state index contributed by atoms with van der Waals surface area (Å²) in [6.45, 7) is 4.13. The van der Waals surface area contributed by atoms with Crippen LogP contribution in [0.4, 0.5) is 5.95 Å². The van der Waals surface area contributed by atoms with Gasteiger partial charge in [0.25, 0.3) is 0 Å². The van der Waals surface area contributed by atoms with Crippen molar-refractivity contribution < 1.29 is 14.4 Å². The van der Waals surface area contributed by atoms with Gasteiger partial charge in [-0.05, 0) is 19.1 Å². The number of aliphatic hydroxyl groups is 1. The predicted molar refractivity (Wildman–Crippen MR) is 98.3 cm³/mol. The van der Waals surface area contributed by atoms with E-state index in [-0.39, 0.29) is 12.7 Å². The van der Waals surface area contributed by atoms with E-state index in [1.54, 1.807) is 7.11 Å². The number of aliphatic hydroxyl groups excluding tert-OH is 1. The van der Waals surface area contributed by atoms with Crippen molar-refractivity contribution in [1.82, 2.24) is 14.7 Å². The Morgan fingerprint density at radius 3 is 2.88 bits per heavy atom. The molecule has 0 spiro atoms. The van der Waals surface area contributed by atoms with E-state index in [0.717, 1.165) is 47.9 Å².